The maximum absolute atomic E-state index is 5.86. The molecule has 0 unspecified atom stereocenters. The number of hydrogen-bond donors (Lipinski definition) is 0. The van der Waals surface area contributed by atoms with Gasteiger partial charge in [0.15, 0.2) is 0 Å². The van der Waals surface area contributed by atoms with Gasteiger partial charge in [-0.2, -0.15) is 0 Å². The van der Waals surface area contributed by atoms with Gasteiger partial charge in [-0.1, -0.05) is 49.5 Å². The van der Waals surface area contributed by atoms with Crippen molar-refractivity contribution in [1.82, 2.24) is 20.4 Å². The first kappa shape index (κ1) is 25.1. The number of ether oxygens (including phenoxy) is 2. The Labute approximate surface area is 213 Å². The summed E-state index contributed by atoms with van der Waals surface area (Å²) in [5, 5.41) is 17.8. The summed E-state index contributed by atoms with van der Waals surface area (Å²) in [6, 6.07) is 12.1. The van der Waals surface area contributed by atoms with Crippen LogP contribution in [0, 0.1) is 0 Å². The molecule has 4 rings (SSSR count). The molecule has 0 spiro atoms. The largest absolute Gasteiger partial charge is 0.493 e. The summed E-state index contributed by atoms with van der Waals surface area (Å²) in [6.07, 6.45) is 0.675. The monoisotopic (exact) mass is 512 g/mol. The molecule has 0 saturated carbocycles. The SMILES string of the molecule is CCOc1ccc(Cc2ccc(OCC)c(-c3nnc(SCC)o3)c2)cc1-c1nnc(SCC)o1. The first-order valence-corrected chi connectivity index (χ1v) is 13.6. The van der Waals surface area contributed by atoms with Crippen molar-refractivity contribution in [2.24, 2.45) is 0 Å². The third-order valence-corrected chi connectivity index (χ3v) is 6.31. The molecule has 0 amide bonds. The highest BCUT2D eigenvalue weighted by atomic mass is 32.2. The Bertz CT molecular complexity index is 1160. The zero-order valence-electron chi connectivity index (χ0n) is 20.2. The summed E-state index contributed by atoms with van der Waals surface area (Å²) in [5.74, 6) is 4.05. The van der Waals surface area contributed by atoms with Gasteiger partial charge in [-0.05, 0) is 67.2 Å². The van der Waals surface area contributed by atoms with Gasteiger partial charge in [-0.25, -0.2) is 0 Å². The van der Waals surface area contributed by atoms with Crippen LogP contribution in [-0.4, -0.2) is 45.1 Å². The topological polar surface area (TPSA) is 96.3 Å². The van der Waals surface area contributed by atoms with Crippen LogP contribution >= 0.6 is 23.5 Å². The van der Waals surface area contributed by atoms with Gasteiger partial charge in [0, 0.05) is 0 Å². The van der Waals surface area contributed by atoms with Crippen molar-refractivity contribution in [1.29, 1.82) is 0 Å². The Balaban J connectivity index is 1.65. The normalized spacial score (nSPS) is 11.1. The first-order chi connectivity index (χ1) is 17.1. The molecule has 184 valence electrons. The van der Waals surface area contributed by atoms with Gasteiger partial charge >= 0.3 is 0 Å². The average molecular weight is 513 g/mol. The molecule has 8 nitrogen and oxygen atoms in total. The number of aromatic nitrogens is 4. The number of thioether (sulfide) groups is 2. The second-order valence-electron chi connectivity index (χ2n) is 7.32. The van der Waals surface area contributed by atoms with Gasteiger partial charge in [0.05, 0.1) is 24.3 Å². The van der Waals surface area contributed by atoms with Gasteiger partial charge in [0.25, 0.3) is 22.2 Å². The Hall–Kier alpha value is -2.98. The molecule has 0 atom stereocenters. The molecular weight excluding hydrogens is 484 g/mol. The van der Waals surface area contributed by atoms with E-state index in [4.69, 9.17) is 18.3 Å². The zero-order valence-corrected chi connectivity index (χ0v) is 21.9. The fraction of sp³-hybridized carbons (Fsp3) is 0.360. The lowest BCUT2D eigenvalue weighted by Crippen LogP contribution is -1.98. The van der Waals surface area contributed by atoms with Crippen LogP contribution in [0.3, 0.4) is 0 Å². The minimum absolute atomic E-state index is 0.449. The molecule has 0 aliphatic rings. The number of nitrogens with zero attached hydrogens (tertiary/aromatic N) is 4. The van der Waals surface area contributed by atoms with E-state index in [0.717, 1.165) is 33.8 Å². The van der Waals surface area contributed by atoms with E-state index in [1.165, 1.54) is 23.5 Å². The van der Waals surface area contributed by atoms with Crippen LogP contribution in [-0.2, 0) is 6.42 Å². The second-order valence-corrected chi connectivity index (χ2v) is 9.75. The van der Waals surface area contributed by atoms with Crippen molar-refractivity contribution in [3.05, 3.63) is 47.5 Å². The Morgan fingerprint density at radius 1 is 0.657 bits per heavy atom. The Morgan fingerprint density at radius 3 is 1.51 bits per heavy atom. The number of hydrogen-bond acceptors (Lipinski definition) is 10. The fourth-order valence-electron chi connectivity index (χ4n) is 3.51. The van der Waals surface area contributed by atoms with Crippen molar-refractivity contribution in [2.45, 2.75) is 44.6 Å². The number of rotatable bonds is 12. The lowest BCUT2D eigenvalue weighted by Gasteiger charge is -2.12. The minimum atomic E-state index is 0.449. The Kier molecular flexibility index (Phi) is 8.70. The van der Waals surface area contributed by atoms with E-state index in [-0.39, 0.29) is 0 Å². The van der Waals surface area contributed by atoms with Gasteiger partial charge in [-0.15, -0.1) is 20.4 Å². The summed E-state index contributed by atoms with van der Waals surface area (Å²) in [5.41, 5.74) is 3.72. The van der Waals surface area contributed by atoms with Crippen LogP contribution in [0.1, 0.15) is 38.8 Å². The van der Waals surface area contributed by atoms with Gasteiger partial charge in [0.2, 0.25) is 0 Å². The summed E-state index contributed by atoms with van der Waals surface area (Å²) >= 11 is 3.02. The average Bonchev–Trinajstić information content (AvgIpc) is 3.52. The molecule has 2 aromatic heterocycles. The third-order valence-electron chi connectivity index (χ3n) is 4.91. The highest BCUT2D eigenvalue weighted by molar-refractivity contribution is 7.99. The lowest BCUT2D eigenvalue weighted by atomic mass is 10.00. The van der Waals surface area contributed by atoms with Crippen LogP contribution in [0.5, 0.6) is 11.5 Å². The maximum atomic E-state index is 5.86. The van der Waals surface area contributed by atoms with Crippen molar-refractivity contribution >= 4 is 23.5 Å². The van der Waals surface area contributed by atoms with E-state index < -0.39 is 0 Å². The molecule has 0 aliphatic carbocycles. The van der Waals surface area contributed by atoms with E-state index >= 15 is 0 Å². The molecule has 2 heterocycles. The highest BCUT2D eigenvalue weighted by Crippen LogP contribution is 2.35. The molecule has 2 aromatic carbocycles. The molecular formula is C25H28N4O4S2. The van der Waals surface area contributed by atoms with E-state index in [9.17, 15) is 0 Å². The smallest absolute Gasteiger partial charge is 0.276 e. The summed E-state index contributed by atoms with van der Waals surface area (Å²) in [4.78, 5) is 0. The lowest BCUT2D eigenvalue weighted by molar-refractivity contribution is 0.339. The highest BCUT2D eigenvalue weighted by Gasteiger charge is 2.17. The molecule has 0 fully saturated rings. The first-order valence-electron chi connectivity index (χ1n) is 11.6. The second kappa shape index (κ2) is 12.1. The van der Waals surface area contributed by atoms with Crippen molar-refractivity contribution in [3.63, 3.8) is 0 Å². The van der Waals surface area contributed by atoms with Crippen LogP contribution < -0.4 is 9.47 Å². The fourth-order valence-corrected chi connectivity index (χ4v) is 4.47. The van der Waals surface area contributed by atoms with Crippen LogP contribution in [0.25, 0.3) is 22.9 Å². The van der Waals surface area contributed by atoms with Crippen LogP contribution in [0.2, 0.25) is 0 Å². The van der Waals surface area contributed by atoms with Gasteiger partial charge in [-0.3, -0.25) is 0 Å². The molecule has 0 radical (unpaired) electrons. The van der Waals surface area contributed by atoms with Crippen molar-refractivity contribution in [2.75, 3.05) is 24.7 Å². The maximum Gasteiger partial charge on any atom is 0.276 e. The minimum Gasteiger partial charge on any atom is -0.493 e. The van der Waals surface area contributed by atoms with Crippen LogP contribution in [0.4, 0.5) is 0 Å². The molecule has 0 saturated heterocycles. The summed E-state index contributed by atoms with van der Waals surface area (Å²) < 4.78 is 23.4. The molecule has 0 N–H and O–H groups in total. The molecule has 0 bridgehead atoms. The third kappa shape index (κ3) is 6.18. The Morgan fingerprint density at radius 2 is 1.11 bits per heavy atom. The van der Waals surface area contributed by atoms with E-state index in [1.54, 1.807) is 0 Å². The van der Waals surface area contributed by atoms with Crippen molar-refractivity contribution in [3.8, 4) is 34.4 Å². The molecule has 4 aromatic rings. The predicted molar refractivity (Wildman–Crippen MR) is 137 cm³/mol. The molecule has 35 heavy (non-hydrogen) atoms. The van der Waals surface area contributed by atoms with E-state index in [0.29, 0.717) is 53.4 Å². The summed E-state index contributed by atoms with van der Waals surface area (Å²) in [7, 11) is 0. The number of benzene rings is 2. The zero-order chi connectivity index (χ0) is 24.6. The van der Waals surface area contributed by atoms with Crippen LogP contribution in [0.15, 0.2) is 55.7 Å². The standard InChI is InChI=1S/C25H28N4O4S2/c1-5-30-20-11-9-16(14-18(20)22-26-28-24(32-22)34-7-3)13-17-10-12-21(31-6-2)19(15-17)23-27-29-25(33-23)35-8-4/h9-12,14-15H,5-8,13H2,1-4H3. The molecule has 0 aliphatic heterocycles. The van der Waals surface area contributed by atoms with Gasteiger partial charge in [0.1, 0.15) is 11.5 Å². The van der Waals surface area contributed by atoms with Crippen molar-refractivity contribution < 1.29 is 18.3 Å². The summed E-state index contributed by atoms with van der Waals surface area (Å²) in [6.45, 7) is 9.08. The predicted octanol–water partition coefficient (Wildman–Crippen LogP) is 6.40. The van der Waals surface area contributed by atoms with E-state index in [1.807, 2.05) is 64.1 Å². The van der Waals surface area contributed by atoms with Gasteiger partial charge < -0.3 is 18.3 Å². The van der Waals surface area contributed by atoms with E-state index in [2.05, 4.69) is 20.4 Å². The quantitative estimate of drug-likeness (QED) is 0.198. The molecule has 10 heteroatoms.